The van der Waals surface area contributed by atoms with Gasteiger partial charge < -0.3 is 15.4 Å². The number of ether oxygens (including phenoxy) is 1. The molecule has 0 aromatic rings. The number of carbonyl (C=O) groups is 1. The molecule has 0 bridgehead atoms. The molecule has 1 aliphatic rings. The van der Waals surface area contributed by atoms with Gasteiger partial charge in [-0.25, -0.2) is 4.79 Å². The fourth-order valence-electron chi connectivity index (χ4n) is 1.10. The molecule has 1 saturated heterocycles. The lowest BCUT2D eigenvalue weighted by atomic mass is 10.1. The molecule has 2 amide bonds. The molecular weight excluding hydrogens is 144 g/mol. The number of urea groups is 1. The van der Waals surface area contributed by atoms with E-state index in [4.69, 9.17) is 4.74 Å². The Bertz CT molecular complexity index is 132. The monoisotopic (exact) mass is 158 g/mol. The van der Waals surface area contributed by atoms with Crippen LogP contribution in [0.5, 0.6) is 0 Å². The molecule has 0 aromatic heterocycles. The maximum atomic E-state index is 10.8. The summed E-state index contributed by atoms with van der Waals surface area (Å²) in [6.07, 6.45) is 1.85. The SMILES string of the molecule is CNC(=O)NC1CCOCC1. The molecule has 1 rings (SSSR count). The molecule has 64 valence electrons. The van der Waals surface area contributed by atoms with Crippen LogP contribution >= 0.6 is 0 Å². The maximum Gasteiger partial charge on any atom is 0.314 e. The molecule has 1 heterocycles. The van der Waals surface area contributed by atoms with Gasteiger partial charge in [0, 0.05) is 26.3 Å². The first-order valence-electron chi connectivity index (χ1n) is 3.89. The Morgan fingerprint density at radius 1 is 1.45 bits per heavy atom. The molecule has 0 spiro atoms. The van der Waals surface area contributed by atoms with Gasteiger partial charge in [0.2, 0.25) is 0 Å². The third kappa shape index (κ3) is 2.76. The molecule has 0 aliphatic carbocycles. The lowest BCUT2D eigenvalue weighted by Crippen LogP contribution is -2.43. The van der Waals surface area contributed by atoms with Gasteiger partial charge in [-0.05, 0) is 12.8 Å². The molecule has 4 heteroatoms. The molecular formula is C7H14N2O2. The predicted octanol–water partition coefficient (Wildman–Crippen LogP) is 0.0944. The van der Waals surface area contributed by atoms with E-state index >= 15 is 0 Å². The zero-order valence-electron chi connectivity index (χ0n) is 6.72. The molecule has 1 aliphatic heterocycles. The van der Waals surface area contributed by atoms with Gasteiger partial charge >= 0.3 is 6.03 Å². The maximum absolute atomic E-state index is 10.8. The van der Waals surface area contributed by atoms with Crippen LogP contribution in [0.4, 0.5) is 4.79 Å². The van der Waals surface area contributed by atoms with Crippen molar-refractivity contribution in [2.24, 2.45) is 0 Å². The smallest absolute Gasteiger partial charge is 0.314 e. The van der Waals surface area contributed by atoms with Gasteiger partial charge in [0.1, 0.15) is 0 Å². The summed E-state index contributed by atoms with van der Waals surface area (Å²) in [5.74, 6) is 0. The zero-order valence-corrected chi connectivity index (χ0v) is 6.72. The van der Waals surface area contributed by atoms with Crippen LogP contribution in [-0.2, 0) is 4.74 Å². The van der Waals surface area contributed by atoms with Crippen molar-refractivity contribution in [2.45, 2.75) is 18.9 Å². The van der Waals surface area contributed by atoms with Crippen LogP contribution < -0.4 is 10.6 Å². The summed E-state index contributed by atoms with van der Waals surface area (Å²) < 4.78 is 5.14. The molecule has 0 atom stereocenters. The first kappa shape index (κ1) is 8.33. The largest absolute Gasteiger partial charge is 0.381 e. The van der Waals surface area contributed by atoms with E-state index in [1.807, 2.05) is 0 Å². The average Bonchev–Trinajstić information content (AvgIpc) is 2.06. The molecule has 1 fully saturated rings. The minimum Gasteiger partial charge on any atom is -0.381 e. The third-order valence-corrected chi connectivity index (χ3v) is 1.78. The minimum atomic E-state index is -0.100. The summed E-state index contributed by atoms with van der Waals surface area (Å²) in [5, 5.41) is 5.36. The number of amides is 2. The second-order valence-corrected chi connectivity index (χ2v) is 2.61. The van der Waals surface area contributed by atoms with Gasteiger partial charge in [0.25, 0.3) is 0 Å². The molecule has 11 heavy (non-hydrogen) atoms. The van der Waals surface area contributed by atoms with Crippen LogP contribution in [0, 0.1) is 0 Å². The van der Waals surface area contributed by atoms with E-state index in [0.717, 1.165) is 26.1 Å². The fourth-order valence-corrected chi connectivity index (χ4v) is 1.10. The van der Waals surface area contributed by atoms with Gasteiger partial charge in [-0.1, -0.05) is 0 Å². The first-order valence-corrected chi connectivity index (χ1v) is 3.89. The van der Waals surface area contributed by atoms with Crippen LogP contribution in [0.3, 0.4) is 0 Å². The summed E-state index contributed by atoms with van der Waals surface area (Å²) >= 11 is 0. The van der Waals surface area contributed by atoms with Crippen molar-refractivity contribution < 1.29 is 9.53 Å². The van der Waals surface area contributed by atoms with Gasteiger partial charge in [0.15, 0.2) is 0 Å². The van der Waals surface area contributed by atoms with Gasteiger partial charge in [-0.15, -0.1) is 0 Å². The Hall–Kier alpha value is -0.770. The third-order valence-electron chi connectivity index (χ3n) is 1.78. The molecule has 0 aromatic carbocycles. The topological polar surface area (TPSA) is 50.4 Å². The summed E-state index contributed by atoms with van der Waals surface area (Å²) in [6, 6.07) is 0.195. The van der Waals surface area contributed by atoms with Crippen molar-refractivity contribution >= 4 is 6.03 Å². The number of carbonyl (C=O) groups excluding carboxylic acids is 1. The summed E-state index contributed by atoms with van der Waals surface area (Å²) in [7, 11) is 1.62. The minimum absolute atomic E-state index is 0.100. The number of hydrogen-bond acceptors (Lipinski definition) is 2. The molecule has 0 saturated carbocycles. The fraction of sp³-hybridized carbons (Fsp3) is 0.857. The Morgan fingerprint density at radius 3 is 2.64 bits per heavy atom. The Morgan fingerprint density at radius 2 is 2.09 bits per heavy atom. The first-order chi connectivity index (χ1) is 5.33. The van der Waals surface area contributed by atoms with Crippen molar-refractivity contribution in [1.29, 1.82) is 0 Å². The normalized spacial score (nSPS) is 19.4. The van der Waals surface area contributed by atoms with Crippen molar-refractivity contribution in [1.82, 2.24) is 10.6 Å². The number of hydrogen-bond donors (Lipinski definition) is 2. The Labute approximate surface area is 66.3 Å². The van der Waals surface area contributed by atoms with E-state index in [-0.39, 0.29) is 6.03 Å². The molecule has 4 nitrogen and oxygen atoms in total. The Kier molecular flexibility index (Phi) is 3.16. The number of rotatable bonds is 1. The lowest BCUT2D eigenvalue weighted by molar-refractivity contribution is 0.0802. The summed E-state index contributed by atoms with van der Waals surface area (Å²) in [4.78, 5) is 10.8. The van der Waals surface area contributed by atoms with Crippen LogP contribution in [0.25, 0.3) is 0 Å². The van der Waals surface area contributed by atoms with E-state index in [1.165, 1.54) is 0 Å². The molecule has 2 N–H and O–H groups in total. The highest BCUT2D eigenvalue weighted by Gasteiger charge is 2.14. The van der Waals surface area contributed by atoms with Crippen LogP contribution in [-0.4, -0.2) is 32.3 Å². The van der Waals surface area contributed by atoms with E-state index in [9.17, 15) is 4.79 Å². The van der Waals surface area contributed by atoms with Crippen LogP contribution in [0.1, 0.15) is 12.8 Å². The highest BCUT2D eigenvalue weighted by Crippen LogP contribution is 2.05. The van der Waals surface area contributed by atoms with E-state index in [0.29, 0.717) is 6.04 Å². The highest BCUT2D eigenvalue weighted by molar-refractivity contribution is 5.73. The van der Waals surface area contributed by atoms with Gasteiger partial charge in [-0.3, -0.25) is 0 Å². The second kappa shape index (κ2) is 4.18. The highest BCUT2D eigenvalue weighted by atomic mass is 16.5. The van der Waals surface area contributed by atoms with E-state index in [1.54, 1.807) is 7.05 Å². The lowest BCUT2D eigenvalue weighted by Gasteiger charge is -2.22. The van der Waals surface area contributed by atoms with Crippen molar-refractivity contribution in [2.75, 3.05) is 20.3 Å². The molecule has 0 radical (unpaired) electrons. The standard InChI is InChI=1S/C7H14N2O2/c1-8-7(10)9-6-2-4-11-5-3-6/h6H,2-5H2,1H3,(H2,8,9,10). The molecule has 0 unspecified atom stereocenters. The summed E-state index contributed by atoms with van der Waals surface area (Å²) in [6.45, 7) is 1.52. The summed E-state index contributed by atoms with van der Waals surface area (Å²) in [5.41, 5.74) is 0. The van der Waals surface area contributed by atoms with Crippen molar-refractivity contribution in [3.8, 4) is 0 Å². The van der Waals surface area contributed by atoms with Gasteiger partial charge in [-0.2, -0.15) is 0 Å². The van der Waals surface area contributed by atoms with E-state index < -0.39 is 0 Å². The average molecular weight is 158 g/mol. The van der Waals surface area contributed by atoms with Crippen LogP contribution in [0.15, 0.2) is 0 Å². The van der Waals surface area contributed by atoms with Gasteiger partial charge in [0.05, 0.1) is 0 Å². The van der Waals surface area contributed by atoms with E-state index in [2.05, 4.69) is 10.6 Å². The zero-order chi connectivity index (χ0) is 8.10. The Balaban J connectivity index is 2.19. The predicted molar refractivity (Wildman–Crippen MR) is 41.4 cm³/mol. The number of nitrogens with one attached hydrogen (secondary N) is 2. The second-order valence-electron chi connectivity index (χ2n) is 2.61. The van der Waals surface area contributed by atoms with Crippen molar-refractivity contribution in [3.05, 3.63) is 0 Å². The van der Waals surface area contributed by atoms with Crippen molar-refractivity contribution in [3.63, 3.8) is 0 Å². The van der Waals surface area contributed by atoms with Crippen LogP contribution in [0.2, 0.25) is 0 Å². The quantitative estimate of drug-likeness (QED) is 0.568.